The molecule has 0 atom stereocenters. The molecule has 1 saturated heterocycles. The number of carbonyl (C=O) groups is 1. The molecule has 0 radical (unpaired) electrons. The molecule has 0 aliphatic carbocycles. The summed E-state index contributed by atoms with van der Waals surface area (Å²) in [6.07, 6.45) is 9.65. The number of unbranched alkanes of at least 4 members (excludes halogenated alkanes) is 1. The predicted octanol–water partition coefficient (Wildman–Crippen LogP) is 5.32. The minimum absolute atomic E-state index is 0.243. The van der Waals surface area contributed by atoms with Gasteiger partial charge < -0.3 is 9.64 Å². The molecule has 0 N–H and O–H groups in total. The third kappa shape index (κ3) is 6.17. The van der Waals surface area contributed by atoms with Gasteiger partial charge in [-0.15, -0.1) is 0 Å². The molecule has 2 aromatic carbocycles. The summed E-state index contributed by atoms with van der Waals surface area (Å²) < 4.78 is 5.89. The average molecular weight is 415 g/mol. The Morgan fingerprint density at radius 3 is 2.26 bits per heavy atom. The Hall–Kier alpha value is -3.14. The molecule has 0 saturated carbocycles. The standard InChI is InChI=1S/C27H30N2O2/c30-27(29-17-2-3-18-29)20-22-8-10-24(11-9-22)25-12-14-26(15-13-25)31-19-4-1-6-23-7-5-16-28-21-23/h5,7-16,21H,1-4,6,17-20H2. The number of ether oxygens (including phenoxy) is 1. The number of aryl methyl sites for hydroxylation is 1. The van der Waals surface area contributed by atoms with Crippen molar-refractivity contribution >= 4 is 5.91 Å². The van der Waals surface area contributed by atoms with Crippen LogP contribution >= 0.6 is 0 Å². The first-order chi connectivity index (χ1) is 15.3. The lowest BCUT2D eigenvalue weighted by atomic mass is 10.0. The van der Waals surface area contributed by atoms with Crippen molar-refractivity contribution in [2.24, 2.45) is 0 Å². The zero-order valence-electron chi connectivity index (χ0n) is 18.0. The number of hydrogen-bond acceptors (Lipinski definition) is 3. The molecule has 0 spiro atoms. The minimum atomic E-state index is 0.243. The zero-order chi connectivity index (χ0) is 21.3. The lowest BCUT2D eigenvalue weighted by Gasteiger charge is -2.15. The largest absolute Gasteiger partial charge is 0.494 e. The number of pyridine rings is 1. The first-order valence-electron chi connectivity index (χ1n) is 11.3. The van der Waals surface area contributed by atoms with Crippen molar-refractivity contribution in [2.45, 2.75) is 38.5 Å². The zero-order valence-corrected chi connectivity index (χ0v) is 18.0. The van der Waals surface area contributed by atoms with Crippen molar-refractivity contribution in [1.29, 1.82) is 0 Å². The van der Waals surface area contributed by atoms with Gasteiger partial charge in [-0.3, -0.25) is 9.78 Å². The number of rotatable bonds is 9. The molecule has 1 fully saturated rings. The quantitative estimate of drug-likeness (QED) is 0.445. The van der Waals surface area contributed by atoms with E-state index in [1.54, 1.807) is 6.20 Å². The fourth-order valence-electron chi connectivity index (χ4n) is 3.98. The van der Waals surface area contributed by atoms with Gasteiger partial charge in [0.1, 0.15) is 5.75 Å². The van der Waals surface area contributed by atoms with Crippen molar-refractivity contribution in [1.82, 2.24) is 9.88 Å². The highest BCUT2D eigenvalue weighted by Gasteiger charge is 2.17. The van der Waals surface area contributed by atoms with Gasteiger partial charge in [-0.2, -0.15) is 0 Å². The third-order valence-electron chi connectivity index (χ3n) is 5.81. The van der Waals surface area contributed by atoms with Gasteiger partial charge in [-0.05, 0) is 72.6 Å². The molecule has 1 aliphatic rings. The number of amides is 1. The highest BCUT2D eigenvalue weighted by molar-refractivity contribution is 5.79. The van der Waals surface area contributed by atoms with E-state index >= 15 is 0 Å². The Bertz CT molecular complexity index is 947. The fraction of sp³-hybridized carbons (Fsp3) is 0.333. The summed E-state index contributed by atoms with van der Waals surface area (Å²) >= 11 is 0. The van der Waals surface area contributed by atoms with Crippen LogP contribution in [0.5, 0.6) is 5.75 Å². The van der Waals surface area contributed by atoms with Crippen molar-refractivity contribution < 1.29 is 9.53 Å². The van der Waals surface area contributed by atoms with E-state index in [1.165, 1.54) is 5.56 Å². The maximum Gasteiger partial charge on any atom is 0.226 e. The Morgan fingerprint density at radius 2 is 1.58 bits per heavy atom. The molecule has 0 bridgehead atoms. The second kappa shape index (κ2) is 10.8. The third-order valence-corrected chi connectivity index (χ3v) is 5.81. The van der Waals surface area contributed by atoms with E-state index in [0.29, 0.717) is 6.42 Å². The van der Waals surface area contributed by atoms with Crippen LogP contribution in [0.25, 0.3) is 11.1 Å². The summed E-state index contributed by atoms with van der Waals surface area (Å²) in [7, 11) is 0. The van der Waals surface area contributed by atoms with Crippen molar-refractivity contribution in [2.75, 3.05) is 19.7 Å². The molecule has 160 valence electrons. The summed E-state index contributed by atoms with van der Waals surface area (Å²) in [4.78, 5) is 18.4. The van der Waals surface area contributed by atoms with Crippen LogP contribution in [-0.2, 0) is 17.6 Å². The maximum absolute atomic E-state index is 12.3. The van der Waals surface area contributed by atoms with E-state index in [9.17, 15) is 4.79 Å². The van der Waals surface area contributed by atoms with Crippen LogP contribution in [0, 0.1) is 0 Å². The number of aromatic nitrogens is 1. The summed E-state index contributed by atoms with van der Waals surface area (Å²) in [5, 5.41) is 0. The first-order valence-corrected chi connectivity index (χ1v) is 11.3. The molecule has 4 rings (SSSR count). The van der Waals surface area contributed by atoms with Crippen LogP contribution in [0.1, 0.15) is 36.8 Å². The number of nitrogens with zero attached hydrogens (tertiary/aromatic N) is 2. The van der Waals surface area contributed by atoms with E-state index in [-0.39, 0.29) is 5.91 Å². The van der Waals surface area contributed by atoms with Gasteiger partial charge >= 0.3 is 0 Å². The average Bonchev–Trinajstić information content (AvgIpc) is 3.36. The van der Waals surface area contributed by atoms with Gasteiger partial charge in [-0.25, -0.2) is 0 Å². The van der Waals surface area contributed by atoms with Crippen LogP contribution in [0.2, 0.25) is 0 Å². The second-order valence-electron chi connectivity index (χ2n) is 8.15. The fourth-order valence-corrected chi connectivity index (χ4v) is 3.98. The molecule has 1 aliphatic heterocycles. The predicted molar refractivity (Wildman–Crippen MR) is 124 cm³/mol. The van der Waals surface area contributed by atoms with Gasteiger partial charge in [0.2, 0.25) is 5.91 Å². The van der Waals surface area contributed by atoms with E-state index in [0.717, 1.165) is 74.2 Å². The van der Waals surface area contributed by atoms with E-state index in [1.807, 2.05) is 29.3 Å². The van der Waals surface area contributed by atoms with Crippen LogP contribution in [0.3, 0.4) is 0 Å². The van der Waals surface area contributed by atoms with E-state index in [4.69, 9.17) is 4.74 Å². The van der Waals surface area contributed by atoms with Gasteiger partial charge in [0.15, 0.2) is 0 Å². The minimum Gasteiger partial charge on any atom is -0.494 e. The molecular weight excluding hydrogens is 384 g/mol. The Kier molecular flexibility index (Phi) is 7.32. The number of benzene rings is 2. The molecule has 0 unspecified atom stereocenters. The highest BCUT2D eigenvalue weighted by atomic mass is 16.5. The van der Waals surface area contributed by atoms with E-state index < -0.39 is 0 Å². The summed E-state index contributed by atoms with van der Waals surface area (Å²) in [5.74, 6) is 1.14. The van der Waals surface area contributed by atoms with Crippen LogP contribution in [-0.4, -0.2) is 35.5 Å². The van der Waals surface area contributed by atoms with Gasteiger partial charge in [0.05, 0.1) is 13.0 Å². The second-order valence-corrected chi connectivity index (χ2v) is 8.15. The first kappa shape index (κ1) is 21.1. The SMILES string of the molecule is O=C(Cc1ccc(-c2ccc(OCCCCc3cccnc3)cc2)cc1)N1CCCC1. The molecule has 1 amide bonds. The van der Waals surface area contributed by atoms with Crippen molar-refractivity contribution in [3.63, 3.8) is 0 Å². The lowest BCUT2D eigenvalue weighted by Crippen LogP contribution is -2.28. The normalized spacial score (nSPS) is 13.4. The van der Waals surface area contributed by atoms with Gasteiger partial charge in [0, 0.05) is 25.5 Å². The molecule has 4 heteroatoms. The van der Waals surface area contributed by atoms with Crippen LogP contribution in [0.15, 0.2) is 73.1 Å². The van der Waals surface area contributed by atoms with Crippen LogP contribution < -0.4 is 4.74 Å². The van der Waals surface area contributed by atoms with Crippen molar-refractivity contribution in [3.05, 3.63) is 84.2 Å². The van der Waals surface area contributed by atoms with Crippen molar-refractivity contribution in [3.8, 4) is 16.9 Å². The Balaban J connectivity index is 1.22. The highest BCUT2D eigenvalue weighted by Crippen LogP contribution is 2.23. The van der Waals surface area contributed by atoms with Gasteiger partial charge in [-0.1, -0.05) is 42.5 Å². The van der Waals surface area contributed by atoms with E-state index in [2.05, 4.69) is 47.4 Å². The monoisotopic (exact) mass is 414 g/mol. The summed E-state index contributed by atoms with van der Waals surface area (Å²) in [6.45, 7) is 2.55. The van der Waals surface area contributed by atoms with Gasteiger partial charge in [0.25, 0.3) is 0 Å². The molecule has 31 heavy (non-hydrogen) atoms. The molecular formula is C27H30N2O2. The summed E-state index contributed by atoms with van der Waals surface area (Å²) in [5.41, 5.74) is 4.66. The summed E-state index contributed by atoms with van der Waals surface area (Å²) in [6, 6.07) is 20.7. The molecule has 4 nitrogen and oxygen atoms in total. The number of carbonyl (C=O) groups excluding carboxylic acids is 1. The topological polar surface area (TPSA) is 42.4 Å². The molecule has 2 heterocycles. The Labute approximate surface area is 184 Å². The molecule has 3 aromatic rings. The maximum atomic E-state index is 12.3. The smallest absolute Gasteiger partial charge is 0.226 e. The number of hydrogen-bond donors (Lipinski definition) is 0. The lowest BCUT2D eigenvalue weighted by molar-refractivity contribution is -0.129. The number of likely N-dealkylation sites (tertiary alicyclic amines) is 1. The molecule has 1 aromatic heterocycles. The van der Waals surface area contributed by atoms with Crippen LogP contribution in [0.4, 0.5) is 0 Å². The Morgan fingerprint density at radius 1 is 0.871 bits per heavy atom.